The Morgan fingerprint density at radius 2 is 1.16 bits per heavy atom. The van der Waals surface area contributed by atoms with Gasteiger partial charge in [-0.2, -0.15) is 5.10 Å². The maximum atomic E-state index is 13.9. The number of carbonyl (C=O) groups is 6. The molecular weight excluding hydrogens is 1730 g/mol. The number of aliphatic imine (C=N–C) groups is 4. The molecule has 5 aliphatic heterocycles. The van der Waals surface area contributed by atoms with Gasteiger partial charge in [0, 0.05) is 79.9 Å². The molecule has 11 N–H and O–H groups in total. The van der Waals surface area contributed by atoms with Gasteiger partial charge in [0.25, 0.3) is 29.3 Å². The number of anilines is 2. The molecule has 2 saturated carbocycles. The van der Waals surface area contributed by atoms with Gasteiger partial charge < -0.3 is 27.7 Å². The SMILES string of the molecule is CC(C)S(=O)(=O)Nc1cccc(CN2C(=O)C(c3ccccc3)(c3ccccc3)N=C2N)c1.CN1C(=O)C(C)(C2CCCC(CC(=O)Cc3ccccc3)C2)N=C1N.CN1C(=O)C(C)(c2cccc(-c3cncc([N+](=O)[O-])c3)c2)N=C1N.COc1cccc(-c2csc(C3(C)N=C(N)N(C)C3=O)c2)c1.N=C1CC(c2cccc(-c3cccc(Cl)c3)c2)(C2CC2)C(=O)N1c1ccn[nH]1. The van der Waals surface area contributed by atoms with Crippen molar-refractivity contribution in [2.45, 2.75) is 132 Å². The predicted molar refractivity (Wildman–Crippen MR) is 514 cm³/mol. The minimum atomic E-state index is -3.49. The zero-order valence-corrected chi connectivity index (χ0v) is 76.9. The van der Waals surface area contributed by atoms with Crippen LogP contribution in [0.5, 0.6) is 5.75 Å². The van der Waals surface area contributed by atoms with E-state index in [9.17, 15) is 47.3 Å². The lowest BCUT2D eigenvalue weighted by molar-refractivity contribution is -0.385. The lowest BCUT2D eigenvalue weighted by Crippen LogP contribution is -2.46. The maximum absolute atomic E-state index is 13.9. The average molecular weight is 1840 g/mol. The summed E-state index contributed by atoms with van der Waals surface area (Å²) in [5.41, 5.74) is 29.6. The van der Waals surface area contributed by atoms with Crippen molar-refractivity contribution in [2.75, 3.05) is 37.9 Å². The van der Waals surface area contributed by atoms with Crippen LogP contribution in [0.4, 0.5) is 17.2 Å². The molecule has 0 radical (unpaired) electrons. The van der Waals surface area contributed by atoms with Crippen LogP contribution in [0.15, 0.2) is 274 Å². The monoisotopic (exact) mass is 1830 g/mol. The number of nitro groups is 1. The van der Waals surface area contributed by atoms with Crippen molar-refractivity contribution in [3.63, 3.8) is 0 Å². The first-order valence-electron chi connectivity index (χ1n) is 43.1. The maximum Gasteiger partial charge on any atom is 0.288 e. The van der Waals surface area contributed by atoms with Gasteiger partial charge in [0.2, 0.25) is 15.9 Å². The Bertz CT molecular complexity index is 6430. The molecule has 33 heteroatoms. The second-order valence-electron chi connectivity index (χ2n) is 34.4. The summed E-state index contributed by atoms with van der Waals surface area (Å²) < 4.78 is 32.3. The van der Waals surface area contributed by atoms with Crippen LogP contribution in [0, 0.1) is 33.3 Å². The first-order chi connectivity index (χ1) is 63.0. The lowest BCUT2D eigenvalue weighted by atomic mass is 9.70. The number of hydrogen-bond acceptors (Lipinski definition) is 23. The number of amidine groups is 1. The fourth-order valence-corrected chi connectivity index (χ4v) is 19.5. The highest BCUT2D eigenvalue weighted by atomic mass is 35.5. The van der Waals surface area contributed by atoms with E-state index in [-0.39, 0.29) is 77.3 Å². The number of Topliss-reactive ketones (excluding diaryl/α,β-unsaturated/α-hetero) is 1. The third-order valence-electron chi connectivity index (χ3n) is 25.2. The van der Waals surface area contributed by atoms with Gasteiger partial charge in [-0.05, 0) is 193 Å². The van der Waals surface area contributed by atoms with Crippen molar-refractivity contribution in [3.05, 3.63) is 308 Å². The average Bonchev–Trinajstić information content (AvgIpc) is 1.55. The number of ether oxygens (including phenoxy) is 1. The van der Waals surface area contributed by atoms with E-state index in [2.05, 4.69) is 45.9 Å². The summed E-state index contributed by atoms with van der Waals surface area (Å²) in [6.07, 6.45) is 11.8. The zero-order valence-electron chi connectivity index (χ0n) is 74.5. The van der Waals surface area contributed by atoms with Crippen LogP contribution in [0.1, 0.15) is 124 Å². The Kier molecular flexibility index (Phi) is 27.5. The molecule has 132 heavy (non-hydrogen) atoms. The molecule has 1 saturated heterocycles. The van der Waals surface area contributed by atoms with Crippen LogP contribution in [0.25, 0.3) is 33.4 Å². The van der Waals surface area contributed by atoms with Crippen LogP contribution in [0.3, 0.4) is 0 Å². The Balaban J connectivity index is 0.000000134. The smallest absolute Gasteiger partial charge is 0.288 e. The first-order valence-corrected chi connectivity index (χ1v) is 45.9. The third kappa shape index (κ3) is 19.3. The Morgan fingerprint density at radius 3 is 1.74 bits per heavy atom. The number of nitrogens with one attached hydrogen (secondary N) is 3. The zero-order chi connectivity index (χ0) is 94.4. The van der Waals surface area contributed by atoms with Crippen LogP contribution in [0.2, 0.25) is 5.02 Å². The molecular formula is C99H104ClN19O11S2. The molecule has 3 fully saturated rings. The number of ketones is 1. The van der Waals surface area contributed by atoms with Crippen molar-refractivity contribution in [1.29, 1.82) is 5.41 Å². The van der Waals surface area contributed by atoms with Gasteiger partial charge in [-0.15, -0.1) is 11.3 Å². The second kappa shape index (κ2) is 38.7. The summed E-state index contributed by atoms with van der Waals surface area (Å²) in [6, 6.07) is 71.5. The molecule has 2 aliphatic carbocycles. The van der Waals surface area contributed by atoms with E-state index in [1.54, 1.807) is 111 Å². The van der Waals surface area contributed by atoms with Gasteiger partial charge in [0.1, 0.15) is 34.9 Å². The highest BCUT2D eigenvalue weighted by Gasteiger charge is 2.60. The van der Waals surface area contributed by atoms with Gasteiger partial charge >= 0.3 is 0 Å². The van der Waals surface area contributed by atoms with E-state index in [4.69, 9.17) is 44.7 Å². The molecule has 7 aliphatic rings. The van der Waals surface area contributed by atoms with Crippen LogP contribution < -0.4 is 37.3 Å². The number of carbonyl (C=O) groups excluding carboxylic acids is 6. The van der Waals surface area contributed by atoms with E-state index in [0.29, 0.717) is 70.2 Å². The number of aromatic amines is 1. The molecule has 11 aromatic rings. The van der Waals surface area contributed by atoms with Gasteiger partial charge in [-0.1, -0.05) is 194 Å². The number of likely N-dealkylation sites (N-methyl/N-ethyl adjacent to an activating group) is 3. The number of H-pyrrole nitrogens is 1. The van der Waals surface area contributed by atoms with Crippen LogP contribution in [-0.4, -0.2) is 152 Å². The second-order valence-corrected chi connectivity index (χ2v) is 38.0. The highest BCUT2D eigenvalue weighted by Crippen LogP contribution is 2.55. The molecule has 6 atom stereocenters. The minimum absolute atomic E-state index is 0.0220. The highest BCUT2D eigenvalue weighted by molar-refractivity contribution is 7.93. The number of nitrogens with zero attached hydrogens (tertiary/aromatic N) is 12. The summed E-state index contributed by atoms with van der Waals surface area (Å²) in [6.45, 7) is 8.76. The quantitative estimate of drug-likeness (QED) is 0.0245. The Morgan fingerprint density at radius 1 is 0.598 bits per heavy atom. The molecule has 680 valence electrons. The van der Waals surface area contributed by atoms with E-state index in [0.717, 1.165) is 99.2 Å². The van der Waals surface area contributed by atoms with Crippen LogP contribution >= 0.6 is 22.9 Å². The van der Waals surface area contributed by atoms with Crippen molar-refractivity contribution in [2.24, 2.45) is 60.7 Å². The molecule has 5 amide bonds. The Hall–Kier alpha value is -14.4. The number of rotatable bonds is 22. The minimum Gasteiger partial charge on any atom is -0.497 e. The number of benzene rings is 8. The summed E-state index contributed by atoms with van der Waals surface area (Å²) >= 11 is 7.68. The van der Waals surface area contributed by atoms with Gasteiger partial charge in [0.05, 0.1) is 35.4 Å². The van der Waals surface area contributed by atoms with E-state index >= 15 is 0 Å². The molecule has 6 unspecified atom stereocenters. The summed E-state index contributed by atoms with van der Waals surface area (Å²) in [4.78, 5) is 117. The molecule has 30 nitrogen and oxygen atoms in total. The molecule has 3 aromatic heterocycles. The van der Waals surface area contributed by atoms with Crippen LogP contribution in [-0.2, 0) is 73.8 Å². The number of hydrogen-bond donors (Lipinski definition) is 7. The standard InChI is InChI=1S/C25H26N4O3S.C22H19ClN4O.C20H27N3O2.C16H15N5O3.C16H17N3O2S/c1-18(2)33(31,32)28-22-15-9-10-19(16-22)17-29-23(30)25(27-24(29)26,20-11-5-3-6-12-20)21-13-7-4-8-14-21;23-18-6-2-4-15(12-18)14-3-1-5-17(11-14)22(16-7-8-16)13-19(24)27(21(22)28)20-9-10-25-26-20;1-20(18(25)23(2)19(21)22-20)16-10-6-9-15(11-16)13-17(24)12-14-7-4-3-5-8-14;1-16(14(22)20(2)15(17)19-16)12-5-3-4-10(6-12)11-7-13(21(23)24)9-18-8-11;1-16(14(20)19(2)15(17)18-16)13-8-11(9-22-13)10-5-4-6-12(7-10)21-3/h3-16,18,28H,17H2,1-2H3,(H2,26,27);1-6,9-12,16,24H,7-8,13H2,(H,25,26);3-5,7-8,15-16H,6,9-13H2,1-2H3,(H2,21,22);3-9H,1-2H3,(H2,17,19);4-9H,1-3H3,(H2,17,18). The fourth-order valence-electron chi connectivity index (χ4n) is 17.6. The summed E-state index contributed by atoms with van der Waals surface area (Å²) in [5.74, 6) is 2.89. The van der Waals surface area contributed by atoms with Crippen molar-refractivity contribution in [3.8, 4) is 39.1 Å². The van der Waals surface area contributed by atoms with Gasteiger partial charge in [-0.3, -0.25) is 83.6 Å². The lowest BCUT2D eigenvalue weighted by Gasteiger charge is -2.36. The summed E-state index contributed by atoms with van der Waals surface area (Å²) in [5, 5.41) is 28.4. The number of thiophene rings is 1. The molecule has 18 rings (SSSR count). The third-order valence-corrected chi connectivity index (χ3v) is 28.4. The first kappa shape index (κ1) is 93.8. The number of sulfonamides is 1. The largest absolute Gasteiger partial charge is 0.497 e. The number of pyridine rings is 1. The Labute approximate surface area is 774 Å². The molecule has 0 bridgehead atoms. The normalized spacial score (nSPS) is 21.4. The van der Waals surface area contributed by atoms with E-state index in [1.165, 1.54) is 54.3 Å². The molecule has 0 spiro atoms. The number of guanidine groups is 4. The van der Waals surface area contributed by atoms with Gasteiger partial charge in [0.15, 0.2) is 40.5 Å². The van der Waals surface area contributed by atoms with Crippen molar-refractivity contribution in [1.82, 2.24) is 34.8 Å². The van der Waals surface area contributed by atoms with Gasteiger partial charge in [-0.25, -0.2) is 28.4 Å². The number of methoxy groups -OCH3 is 1. The van der Waals surface area contributed by atoms with Crippen molar-refractivity contribution < 1.29 is 46.8 Å². The molecule has 8 heterocycles. The summed E-state index contributed by atoms with van der Waals surface area (Å²) in [7, 11) is 3.04. The van der Waals surface area contributed by atoms with E-state index < -0.39 is 47.8 Å². The number of halogens is 1. The topological polar surface area (TPSA) is 436 Å². The van der Waals surface area contributed by atoms with Crippen molar-refractivity contribution >= 4 is 115 Å². The fraction of sp³-hybridized carbons (Fsp3) is 0.283. The predicted octanol–water partition coefficient (Wildman–Crippen LogP) is 14.9. The molecule has 8 aromatic carbocycles. The number of amides is 5. The number of aromatic nitrogens is 3. The number of nitrogens with two attached hydrogens (primary N) is 4. The van der Waals surface area contributed by atoms with E-state index in [1.807, 2.05) is 182 Å².